The topological polar surface area (TPSA) is 20.3 Å². The van der Waals surface area contributed by atoms with Gasteiger partial charge in [0.1, 0.15) is 0 Å². The van der Waals surface area contributed by atoms with Gasteiger partial charge in [-0.1, -0.05) is 36.4 Å². The van der Waals surface area contributed by atoms with Crippen LogP contribution in [0.1, 0.15) is 5.56 Å². The van der Waals surface area contributed by atoms with Crippen LogP contribution < -0.4 is 4.90 Å². The summed E-state index contributed by atoms with van der Waals surface area (Å²) in [4.78, 5) is 15.0. The van der Waals surface area contributed by atoms with Crippen LogP contribution in [-0.4, -0.2) is 18.7 Å². The first-order chi connectivity index (χ1) is 9.18. The van der Waals surface area contributed by atoms with Crippen LogP contribution in [0.3, 0.4) is 0 Å². The Bertz CT molecular complexity index is 554. The van der Waals surface area contributed by atoms with Crippen molar-refractivity contribution in [1.29, 1.82) is 0 Å². The lowest BCUT2D eigenvalue weighted by molar-refractivity contribution is -0.115. The number of aryl methyl sites for hydroxylation is 1. The molecule has 0 spiro atoms. The first-order valence-electron chi connectivity index (χ1n) is 6.18. The summed E-state index contributed by atoms with van der Waals surface area (Å²) in [6.45, 7) is 2.06. The molecule has 2 aromatic carbocycles. The molecule has 0 heterocycles. The molecule has 2 nitrogen and oxygen atoms in total. The summed E-state index contributed by atoms with van der Waals surface area (Å²) in [7, 11) is 1.82. The summed E-state index contributed by atoms with van der Waals surface area (Å²) in [6.07, 6.45) is 0. The van der Waals surface area contributed by atoms with E-state index in [1.54, 1.807) is 16.7 Å². The Morgan fingerprint density at radius 2 is 1.68 bits per heavy atom. The van der Waals surface area contributed by atoms with E-state index in [0.29, 0.717) is 5.75 Å². The predicted octanol–water partition coefficient (Wildman–Crippen LogP) is 3.75. The van der Waals surface area contributed by atoms with E-state index in [0.717, 1.165) is 10.6 Å². The highest BCUT2D eigenvalue weighted by molar-refractivity contribution is 8.00. The van der Waals surface area contributed by atoms with Crippen LogP contribution in [0.5, 0.6) is 0 Å². The molecule has 19 heavy (non-hydrogen) atoms. The maximum atomic E-state index is 12.1. The highest BCUT2D eigenvalue weighted by Crippen LogP contribution is 2.22. The highest BCUT2D eigenvalue weighted by Gasteiger charge is 2.11. The molecule has 1 amide bonds. The lowest BCUT2D eigenvalue weighted by Crippen LogP contribution is -2.27. The van der Waals surface area contributed by atoms with Crippen LogP contribution in [0, 0.1) is 6.92 Å². The Balaban J connectivity index is 1.97. The van der Waals surface area contributed by atoms with Crippen molar-refractivity contribution in [1.82, 2.24) is 0 Å². The fourth-order valence-electron chi connectivity index (χ4n) is 1.75. The van der Waals surface area contributed by atoms with Crippen LogP contribution in [0.4, 0.5) is 5.69 Å². The Kier molecular flexibility index (Phi) is 4.63. The summed E-state index contributed by atoms with van der Waals surface area (Å²) in [5, 5.41) is 0. The summed E-state index contributed by atoms with van der Waals surface area (Å²) < 4.78 is 0. The normalized spacial score (nSPS) is 10.2. The molecule has 0 aromatic heterocycles. The van der Waals surface area contributed by atoms with Crippen LogP contribution in [0.25, 0.3) is 0 Å². The molecule has 0 aliphatic heterocycles. The zero-order chi connectivity index (χ0) is 13.7. The predicted molar refractivity (Wildman–Crippen MR) is 81.8 cm³/mol. The fourth-order valence-corrected chi connectivity index (χ4v) is 2.69. The van der Waals surface area contributed by atoms with Gasteiger partial charge >= 0.3 is 0 Å². The third-order valence-corrected chi connectivity index (χ3v) is 4.12. The smallest absolute Gasteiger partial charge is 0.237 e. The van der Waals surface area contributed by atoms with E-state index in [4.69, 9.17) is 0 Å². The van der Waals surface area contributed by atoms with E-state index in [2.05, 4.69) is 19.1 Å². The minimum Gasteiger partial charge on any atom is -0.315 e. The lowest BCUT2D eigenvalue weighted by atomic mass is 10.2. The van der Waals surface area contributed by atoms with Crippen molar-refractivity contribution in [3.63, 3.8) is 0 Å². The molecule has 98 valence electrons. The van der Waals surface area contributed by atoms with E-state index >= 15 is 0 Å². The van der Waals surface area contributed by atoms with Gasteiger partial charge < -0.3 is 4.90 Å². The molecular formula is C16H17NOS. The number of carbonyl (C=O) groups is 1. The van der Waals surface area contributed by atoms with Gasteiger partial charge in [-0.2, -0.15) is 0 Å². The van der Waals surface area contributed by atoms with Gasteiger partial charge in [-0.15, -0.1) is 11.8 Å². The van der Waals surface area contributed by atoms with E-state index in [1.807, 2.05) is 49.5 Å². The van der Waals surface area contributed by atoms with Crippen LogP contribution in [0.2, 0.25) is 0 Å². The van der Waals surface area contributed by atoms with Gasteiger partial charge in [0.25, 0.3) is 0 Å². The molecule has 0 saturated carbocycles. The average Bonchev–Trinajstić information content (AvgIpc) is 2.46. The second kappa shape index (κ2) is 6.43. The van der Waals surface area contributed by atoms with E-state index in [1.165, 1.54) is 5.56 Å². The molecule has 0 aliphatic rings. The molecule has 0 N–H and O–H groups in total. The molecule has 0 fully saturated rings. The summed E-state index contributed by atoms with van der Waals surface area (Å²) in [6, 6.07) is 17.8. The SMILES string of the molecule is Cc1ccccc1SCC(=O)N(C)c1ccccc1. The van der Waals surface area contributed by atoms with Gasteiger partial charge in [-0.05, 0) is 30.7 Å². The van der Waals surface area contributed by atoms with Crippen molar-refractivity contribution in [3.8, 4) is 0 Å². The number of amides is 1. The molecule has 0 radical (unpaired) electrons. The quantitative estimate of drug-likeness (QED) is 0.789. The molecule has 2 rings (SSSR count). The second-order valence-electron chi connectivity index (χ2n) is 4.34. The molecule has 0 saturated heterocycles. The number of anilines is 1. The minimum absolute atomic E-state index is 0.111. The van der Waals surface area contributed by atoms with Crippen molar-refractivity contribution >= 4 is 23.4 Å². The molecule has 0 atom stereocenters. The van der Waals surface area contributed by atoms with Crippen molar-refractivity contribution in [2.75, 3.05) is 17.7 Å². The number of para-hydroxylation sites is 1. The van der Waals surface area contributed by atoms with Crippen LogP contribution in [-0.2, 0) is 4.79 Å². The van der Waals surface area contributed by atoms with Crippen LogP contribution >= 0.6 is 11.8 Å². The summed E-state index contributed by atoms with van der Waals surface area (Å²) in [5.41, 5.74) is 2.14. The van der Waals surface area contributed by atoms with Gasteiger partial charge in [-0.25, -0.2) is 0 Å². The molecule has 0 aliphatic carbocycles. The average molecular weight is 271 g/mol. The monoisotopic (exact) mass is 271 g/mol. The zero-order valence-electron chi connectivity index (χ0n) is 11.2. The van der Waals surface area contributed by atoms with Crippen molar-refractivity contribution in [2.45, 2.75) is 11.8 Å². The Morgan fingerprint density at radius 3 is 2.37 bits per heavy atom. The van der Waals surface area contributed by atoms with Crippen molar-refractivity contribution in [3.05, 3.63) is 60.2 Å². The number of hydrogen-bond acceptors (Lipinski definition) is 2. The standard InChI is InChI=1S/C16H17NOS/c1-13-8-6-7-11-15(13)19-12-16(18)17(2)14-9-4-3-5-10-14/h3-11H,12H2,1-2H3. The molecule has 3 heteroatoms. The lowest BCUT2D eigenvalue weighted by Gasteiger charge is -2.17. The summed E-state index contributed by atoms with van der Waals surface area (Å²) in [5.74, 6) is 0.565. The van der Waals surface area contributed by atoms with Crippen LogP contribution in [0.15, 0.2) is 59.5 Å². The van der Waals surface area contributed by atoms with Gasteiger partial charge in [0.2, 0.25) is 5.91 Å². The van der Waals surface area contributed by atoms with E-state index in [-0.39, 0.29) is 5.91 Å². The number of nitrogens with zero attached hydrogens (tertiary/aromatic N) is 1. The third kappa shape index (κ3) is 3.61. The van der Waals surface area contributed by atoms with Gasteiger partial charge in [-0.3, -0.25) is 4.79 Å². The Labute approximate surface area is 118 Å². The first kappa shape index (κ1) is 13.7. The highest BCUT2D eigenvalue weighted by atomic mass is 32.2. The van der Waals surface area contributed by atoms with Gasteiger partial charge in [0, 0.05) is 17.6 Å². The van der Waals surface area contributed by atoms with Gasteiger partial charge in [0.15, 0.2) is 0 Å². The number of benzene rings is 2. The summed E-state index contributed by atoms with van der Waals surface area (Å²) >= 11 is 1.59. The first-order valence-corrected chi connectivity index (χ1v) is 7.17. The maximum absolute atomic E-state index is 12.1. The Hall–Kier alpha value is -1.74. The van der Waals surface area contributed by atoms with E-state index in [9.17, 15) is 4.79 Å². The minimum atomic E-state index is 0.111. The number of rotatable bonds is 4. The number of hydrogen-bond donors (Lipinski definition) is 0. The fraction of sp³-hybridized carbons (Fsp3) is 0.188. The maximum Gasteiger partial charge on any atom is 0.237 e. The van der Waals surface area contributed by atoms with Crippen molar-refractivity contribution < 1.29 is 4.79 Å². The number of thioether (sulfide) groups is 1. The second-order valence-corrected chi connectivity index (χ2v) is 5.36. The largest absolute Gasteiger partial charge is 0.315 e. The molecule has 0 bridgehead atoms. The molecule has 0 unspecified atom stereocenters. The zero-order valence-corrected chi connectivity index (χ0v) is 12.0. The third-order valence-electron chi connectivity index (χ3n) is 2.96. The number of carbonyl (C=O) groups excluding carboxylic acids is 1. The van der Waals surface area contributed by atoms with E-state index < -0.39 is 0 Å². The molecule has 2 aromatic rings. The van der Waals surface area contributed by atoms with Crippen molar-refractivity contribution in [2.24, 2.45) is 0 Å². The molecular weight excluding hydrogens is 254 g/mol. The Morgan fingerprint density at radius 1 is 1.05 bits per heavy atom. The van der Waals surface area contributed by atoms with Gasteiger partial charge in [0.05, 0.1) is 5.75 Å².